The summed E-state index contributed by atoms with van der Waals surface area (Å²) in [4.78, 5) is 18.6. The van der Waals surface area contributed by atoms with E-state index in [1.54, 1.807) is 6.20 Å². The number of aromatic amines is 2. The molecule has 0 unspecified atom stereocenters. The van der Waals surface area contributed by atoms with E-state index in [4.69, 9.17) is 21.6 Å². The Hall–Kier alpha value is -3.59. The van der Waals surface area contributed by atoms with Gasteiger partial charge in [-0.1, -0.05) is 37.3 Å². The van der Waals surface area contributed by atoms with Gasteiger partial charge in [0.2, 0.25) is 0 Å². The van der Waals surface area contributed by atoms with Gasteiger partial charge in [0.15, 0.2) is 11.5 Å². The molecule has 0 spiro atoms. The number of likely N-dealkylation sites (N-methyl/N-ethyl adjacent to an activating group) is 1. The molecule has 0 atom stereocenters. The van der Waals surface area contributed by atoms with Crippen LogP contribution in [0.5, 0.6) is 0 Å². The highest BCUT2D eigenvalue weighted by atomic mass is 35.5. The van der Waals surface area contributed by atoms with Crippen LogP contribution < -0.4 is 5.32 Å². The number of aromatic nitrogens is 6. The number of pyridine rings is 2. The SMILES string of the molecule is C=C/C(=C\C(=C/C)c1ccc2[nH]nc(-c3nc4c(-c5ccc(Cl)s5)cncc4[nH]3)c2n1)CNCC. The lowest BCUT2D eigenvalue weighted by Crippen LogP contribution is -2.15. The number of halogens is 1. The molecule has 0 aliphatic rings. The maximum Gasteiger partial charge on any atom is 0.161 e. The number of nitrogens with zero attached hydrogens (tertiary/aromatic N) is 4. The van der Waals surface area contributed by atoms with Crippen molar-refractivity contribution in [2.75, 3.05) is 13.1 Å². The van der Waals surface area contributed by atoms with Crippen LogP contribution in [0.4, 0.5) is 0 Å². The van der Waals surface area contributed by atoms with Gasteiger partial charge in [0, 0.05) is 23.2 Å². The molecule has 5 aromatic heterocycles. The fourth-order valence-electron chi connectivity index (χ4n) is 3.87. The molecular weight excluding hydrogens is 478 g/mol. The Morgan fingerprint density at radius 3 is 2.77 bits per heavy atom. The smallest absolute Gasteiger partial charge is 0.161 e. The summed E-state index contributed by atoms with van der Waals surface area (Å²) >= 11 is 7.66. The molecule has 176 valence electrons. The lowest BCUT2D eigenvalue weighted by Gasteiger charge is -2.06. The van der Waals surface area contributed by atoms with E-state index in [1.165, 1.54) is 11.3 Å². The number of rotatable bonds is 8. The van der Waals surface area contributed by atoms with Crippen LogP contribution in [0.25, 0.3) is 49.6 Å². The summed E-state index contributed by atoms with van der Waals surface area (Å²) < 4.78 is 0.724. The van der Waals surface area contributed by atoms with Gasteiger partial charge >= 0.3 is 0 Å². The number of fused-ring (bicyclic) bond motifs is 2. The van der Waals surface area contributed by atoms with Crippen molar-refractivity contribution >= 4 is 50.6 Å². The van der Waals surface area contributed by atoms with Gasteiger partial charge in [-0.3, -0.25) is 10.1 Å². The van der Waals surface area contributed by atoms with Crippen molar-refractivity contribution in [2.24, 2.45) is 0 Å². The van der Waals surface area contributed by atoms with Gasteiger partial charge in [-0.15, -0.1) is 11.3 Å². The highest BCUT2D eigenvalue weighted by Crippen LogP contribution is 2.35. The Kier molecular flexibility index (Phi) is 6.59. The predicted molar refractivity (Wildman–Crippen MR) is 146 cm³/mol. The largest absolute Gasteiger partial charge is 0.335 e. The summed E-state index contributed by atoms with van der Waals surface area (Å²) in [6.45, 7) is 9.68. The van der Waals surface area contributed by atoms with Crippen molar-refractivity contribution < 1.29 is 0 Å². The van der Waals surface area contributed by atoms with Gasteiger partial charge in [0.05, 0.1) is 27.3 Å². The van der Waals surface area contributed by atoms with E-state index in [1.807, 2.05) is 43.5 Å². The number of allylic oxidation sites excluding steroid dienone is 3. The first-order valence-electron chi connectivity index (χ1n) is 11.3. The fraction of sp³-hybridized carbons (Fsp3) is 0.154. The first kappa shape index (κ1) is 23.2. The van der Waals surface area contributed by atoms with Crippen LogP contribution in [0, 0.1) is 0 Å². The average molecular weight is 502 g/mol. The lowest BCUT2D eigenvalue weighted by molar-refractivity contribution is 0.785. The van der Waals surface area contributed by atoms with Crippen molar-refractivity contribution in [3.63, 3.8) is 0 Å². The zero-order valence-corrected chi connectivity index (χ0v) is 21.0. The summed E-state index contributed by atoms with van der Waals surface area (Å²) in [7, 11) is 0. The van der Waals surface area contributed by atoms with Gasteiger partial charge < -0.3 is 10.3 Å². The number of thiophene rings is 1. The Labute approximate surface area is 211 Å². The summed E-state index contributed by atoms with van der Waals surface area (Å²) in [6.07, 6.45) is 9.60. The van der Waals surface area contributed by atoms with Crippen LogP contribution in [0.1, 0.15) is 19.5 Å². The van der Waals surface area contributed by atoms with E-state index in [-0.39, 0.29) is 0 Å². The minimum absolute atomic E-state index is 0.629. The normalized spacial score (nSPS) is 12.7. The Morgan fingerprint density at radius 1 is 1.14 bits per heavy atom. The van der Waals surface area contributed by atoms with E-state index in [2.05, 4.69) is 51.1 Å². The molecule has 0 aliphatic carbocycles. The monoisotopic (exact) mass is 501 g/mol. The van der Waals surface area contributed by atoms with Crippen molar-refractivity contribution in [1.29, 1.82) is 0 Å². The molecule has 3 N–H and O–H groups in total. The van der Waals surface area contributed by atoms with Crippen LogP contribution in [-0.4, -0.2) is 43.2 Å². The van der Waals surface area contributed by atoms with Gasteiger partial charge in [-0.05, 0) is 55.0 Å². The molecule has 0 amide bonds. The third kappa shape index (κ3) is 4.55. The molecule has 5 aromatic rings. The maximum atomic E-state index is 6.16. The molecule has 5 heterocycles. The number of hydrogen-bond acceptors (Lipinski definition) is 6. The van der Waals surface area contributed by atoms with E-state index in [0.29, 0.717) is 11.5 Å². The average Bonchev–Trinajstić information content (AvgIpc) is 3.61. The zero-order chi connectivity index (χ0) is 24.4. The van der Waals surface area contributed by atoms with E-state index in [0.717, 1.165) is 66.8 Å². The molecule has 0 saturated carbocycles. The van der Waals surface area contributed by atoms with Crippen LogP contribution in [0.15, 0.2) is 67.0 Å². The second-order valence-corrected chi connectivity index (χ2v) is 9.60. The zero-order valence-electron chi connectivity index (χ0n) is 19.4. The number of imidazole rings is 1. The number of H-pyrrole nitrogens is 2. The third-order valence-corrected chi connectivity index (χ3v) is 6.92. The number of nitrogens with one attached hydrogen (secondary N) is 3. The van der Waals surface area contributed by atoms with Crippen molar-refractivity contribution in [2.45, 2.75) is 13.8 Å². The van der Waals surface area contributed by atoms with E-state index in [9.17, 15) is 0 Å². The van der Waals surface area contributed by atoms with E-state index >= 15 is 0 Å². The highest BCUT2D eigenvalue weighted by Gasteiger charge is 2.18. The molecule has 0 saturated heterocycles. The molecule has 35 heavy (non-hydrogen) atoms. The summed E-state index contributed by atoms with van der Waals surface area (Å²) in [5.74, 6) is 0.629. The number of hydrogen-bond donors (Lipinski definition) is 3. The predicted octanol–water partition coefficient (Wildman–Crippen LogP) is 6.40. The quantitative estimate of drug-likeness (QED) is 0.214. The van der Waals surface area contributed by atoms with Gasteiger partial charge in [0.25, 0.3) is 0 Å². The molecule has 0 radical (unpaired) electrons. The van der Waals surface area contributed by atoms with Crippen LogP contribution in [0.3, 0.4) is 0 Å². The maximum absolute atomic E-state index is 6.16. The second-order valence-electron chi connectivity index (χ2n) is 7.88. The fourth-order valence-corrected chi connectivity index (χ4v) is 4.92. The lowest BCUT2D eigenvalue weighted by atomic mass is 10.1. The standard InChI is InChI=1S/C26H24ClN7S/c1-4-15(12-28-6-3)11-16(5-2)18-7-8-19-24(30-18)25(34-33-19)26-31-20-14-29-13-17(23(20)32-26)21-9-10-22(27)35-21/h4-5,7-11,13-14,28H,1,6,12H2,2-3H3,(H,31,32)(H,33,34)/b15-11+,16-5+. The first-order chi connectivity index (χ1) is 17.1. The first-order valence-corrected chi connectivity index (χ1v) is 12.5. The Morgan fingerprint density at radius 2 is 2.03 bits per heavy atom. The minimum Gasteiger partial charge on any atom is -0.335 e. The Balaban J connectivity index is 1.58. The third-order valence-electron chi connectivity index (χ3n) is 5.65. The molecule has 0 aliphatic heterocycles. The molecule has 5 rings (SSSR count). The molecule has 7 nitrogen and oxygen atoms in total. The minimum atomic E-state index is 0.629. The topological polar surface area (TPSA) is 95.2 Å². The van der Waals surface area contributed by atoms with Crippen LogP contribution >= 0.6 is 22.9 Å². The second kappa shape index (κ2) is 9.95. The van der Waals surface area contributed by atoms with Crippen molar-refractivity contribution in [1.82, 2.24) is 35.5 Å². The highest BCUT2D eigenvalue weighted by molar-refractivity contribution is 7.19. The molecule has 0 fully saturated rings. The molecule has 0 bridgehead atoms. The van der Waals surface area contributed by atoms with Gasteiger partial charge in [0.1, 0.15) is 11.0 Å². The van der Waals surface area contributed by atoms with Gasteiger partial charge in [-0.25, -0.2) is 9.97 Å². The van der Waals surface area contributed by atoms with Gasteiger partial charge in [-0.2, -0.15) is 5.10 Å². The molecule has 0 aromatic carbocycles. The van der Waals surface area contributed by atoms with Crippen molar-refractivity contribution in [3.8, 4) is 22.0 Å². The van der Waals surface area contributed by atoms with E-state index < -0.39 is 0 Å². The summed E-state index contributed by atoms with van der Waals surface area (Å²) in [6, 6.07) is 7.84. The summed E-state index contributed by atoms with van der Waals surface area (Å²) in [5.41, 5.74) is 7.77. The van der Waals surface area contributed by atoms with Crippen LogP contribution in [0.2, 0.25) is 4.34 Å². The molecule has 9 heteroatoms. The Bertz CT molecular complexity index is 1590. The van der Waals surface area contributed by atoms with Crippen molar-refractivity contribution in [3.05, 3.63) is 77.1 Å². The molecular formula is C26H24ClN7S. The van der Waals surface area contributed by atoms with Crippen LogP contribution in [-0.2, 0) is 0 Å². The summed E-state index contributed by atoms with van der Waals surface area (Å²) in [5, 5.41) is 11.0.